The molecule has 0 unspecified atom stereocenters. The normalized spacial score (nSPS) is 12.0. The maximum absolute atomic E-state index is 13.9. The predicted molar refractivity (Wildman–Crippen MR) is 226 cm³/mol. The van der Waals surface area contributed by atoms with Gasteiger partial charge in [0.25, 0.3) is 0 Å². The van der Waals surface area contributed by atoms with Gasteiger partial charge in [-0.1, -0.05) is 103 Å². The van der Waals surface area contributed by atoms with Gasteiger partial charge in [0, 0.05) is 39.2 Å². The van der Waals surface area contributed by atoms with Gasteiger partial charge in [-0.25, -0.2) is 24.9 Å². The van der Waals surface area contributed by atoms with Gasteiger partial charge in [-0.3, -0.25) is 9.13 Å². The quantitative estimate of drug-likeness (QED) is 0.150. The minimum absolute atomic E-state index is 0.296. The van der Waals surface area contributed by atoms with Crippen LogP contribution >= 0.6 is 0 Å². The molecule has 0 aliphatic rings. The van der Waals surface area contributed by atoms with Crippen molar-refractivity contribution in [1.29, 1.82) is 0 Å². The van der Waals surface area contributed by atoms with Crippen LogP contribution in [0.1, 0.15) is 11.1 Å². The molecule has 0 saturated carbocycles. The topological polar surface area (TPSA) is 74.3 Å². The summed E-state index contributed by atoms with van der Waals surface area (Å²) in [6, 6.07) is 48.8. The summed E-state index contributed by atoms with van der Waals surface area (Å²) in [5.41, 5.74) is 4.60. The van der Waals surface area contributed by atoms with E-state index in [1.165, 1.54) is 12.1 Å². The Bertz CT molecular complexity index is 3100. The number of fused-ring (bicyclic) bond motifs is 2. The van der Waals surface area contributed by atoms with Crippen molar-refractivity contribution in [3.63, 3.8) is 0 Å². The Kier molecular flexibility index (Phi) is 9.24. The Balaban J connectivity index is 1.11. The molecule has 62 heavy (non-hydrogen) atoms. The minimum atomic E-state index is -4.55. The van der Waals surface area contributed by atoms with Gasteiger partial charge in [0.05, 0.1) is 33.2 Å². The highest BCUT2D eigenvalue weighted by Crippen LogP contribution is 2.37. The Morgan fingerprint density at radius 1 is 0.323 bits per heavy atom. The lowest BCUT2D eigenvalue weighted by molar-refractivity contribution is -0.138. The van der Waals surface area contributed by atoms with Crippen LogP contribution in [0.25, 0.3) is 90.4 Å². The van der Waals surface area contributed by atoms with Crippen LogP contribution in [-0.4, -0.2) is 34.1 Å². The Morgan fingerprint density at radius 3 is 1.15 bits per heavy atom. The first-order valence-electron chi connectivity index (χ1n) is 19.3. The van der Waals surface area contributed by atoms with Crippen LogP contribution in [0.2, 0.25) is 0 Å². The number of nitrogens with zero attached hydrogens (tertiary/aromatic N) is 7. The zero-order valence-electron chi connectivity index (χ0n) is 32.1. The van der Waals surface area contributed by atoms with E-state index < -0.39 is 23.5 Å². The summed E-state index contributed by atoms with van der Waals surface area (Å²) in [6.45, 7) is 0. The molecule has 13 heteroatoms. The third-order valence-electron chi connectivity index (χ3n) is 10.4. The van der Waals surface area contributed by atoms with Crippen molar-refractivity contribution in [2.45, 2.75) is 12.4 Å². The van der Waals surface area contributed by atoms with E-state index in [-0.39, 0.29) is 0 Å². The monoisotopic (exact) mass is 829 g/mol. The second-order valence-electron chi connectivity index (χ2n) is 14.4. The van der Waals surface area contributed by atoms with Crippen LogP contribution in [0.5, 0.6) is 0 Å². The molecule has 0 N–H and O–H groups in total. The number of halogens is 6. The summed E-state index contributed by atoms with van der Waals surface area (Å²) in [5, 5.41) is 0. The zero-order chi connectivity index (χ0) is 42.6. The molecule has 7 nitrogen and oxygen atoms in total. The number of hydrogen-bond acceptors (Lipinski definition) is 5. The van der Waals surface area contributed by atoms with Crippen molar-refractivity contribution in [2.75, 3.05) is 0 Å². The van der Waals surface area contributed by atoms with E-state index >= 15 is 0 Å². The Hall–Kier alpha value is -7.93. The van der Waals surface area contributed by atoms with Crippen molar-refractivity contribution in [3.8, 4) is 68.3 Å². The van der Waals surface area contributed by atoms with E-state index in [0.29, 0.717) is 84.8 Å². The first kappa shape index (κ1) is 38.3. The highest BCUT2D eigenvalue weighted by molar-refractivity contribution is 5.86. The number of aromatic nitrogens is 7. The van der Waals surface area contributed by atoms with Crippen LogP contribution in [0.4, 0.5) is 26.3 Å². The summed E-state index contributed by atoms with van der Waals surface area (Å²) in [7, 11) is 0. The van der Waals surface area contributed by atoms with E-state index in [4.69, 9.17) is 24.9 Å². The average Bonchev–Trinajstić information content (AvgIpc) is 3.89. The van der Waals surface area contributed by atoms with Gasteiger partial charge < -0.3 is 0 Å². The fraction of sp³-hybridized carbons (Fsp3) is 0.0408. The summed E-state index contributed by atoms with van der Waals surface area (Å²) < 4.78 is 86.8. The second kappa shape index (κ2) is 15.0. The molecule has 0 aliphatic heterocycles. The lowest BCUT2D eigenvalue weighted by Crippen LogP contribution is -2.06. The predicted octanol–water partition coefficient (Wildman–Crippen LogP) is 12.9. The smallest absolute Gasteiger partial charge is 0.292 e. The molecule has 0 aliphatic carbocycles. The first-order valence-corrected chi connectivity index (χ1v) is 19.3. The summed E-state index contributed by atoms with van der Waals surface area (Å²) in [4.78, 5) is 24.5. The van der Waals surface area contributed by atoms with Crippen molar-refractivity contribution < 1.29 is 26.3 Å². The van der Waals surface area contributed by atoms with E-state index in [1.807, 2.05) is 115 Å². The highest BCUT2D eigenvalue weighted by Gasteiger charge is 2.32. The number of benzene rings is 7. The molecule has 0 saturated heterocycles. The van der Waals surface area contributed by atoms with E-state index in [9.17, 15) is 26.3 Å². The number of hydrogen-bond donors (Lipinski definition) is 0. The SMILES string of the molecule is FC(F)(F)c1cccc(-n2c(-c3cccc(-c4nc(-c5ccccc5)nc(-c5cccc(-c6nc7ccccc7n6-c6cccc(C(F)(F)F)c6)c5)n4)c3)nc3ccccc32)c1. The summed E-state index contributed by atoms with van der Waals surface area (Å²) in [5.74, 6) is 1.86. The molecule has 0 fully saturated rings. The molecule has 7 aromatic carbocycles. The van der Waals surface area contributed by atoms with Gasteiger partial charge in [0.1, 0.15) is 11.6 Å². The Labute approximate surface area is 349 Å². The third kappa shape index (κ3) is 7.12. The average molecular weight is 830 g/mol. The van der Waals surface area contributed by atoms with Crippen molar-refractivity contribution in [3.05, 3.63) is 187 Å². The van der Waals surface area contributed by atoms with Crippen molar-refractivity contribution in [1.82, 2.24) is 34.1 Å². The molecule has 10 aromatic rings. The maximum atomic E-state index is 13.9. The van der Waals surface area contributed by atoms with Crippen molar-refractivity contribution >= 4 is 22.1 Å². The highest BCUT2D eigenvalue weighted by atomic mass is 19.4. The molecule has 3 heterocycles. The lowest BCUT2D eigenvalue weighted by Gasteiger charge is -2.14. The van der Waals surface area contributed by atoms with Gasteiger partial charge in [-0.15, -0.1) is 0 Å². The standard InChI is InChI=1S/C49H29F6N7/c50-48(51,52)35-18-10-20-37(28-35)61-41-24-6-4-22-39(41)56-46(61)33-16-8-14-31(26-33)44-58-43(30-12-2-1-3-13-30)59-45(60-44)32-15-9-17-34(27-32)47-57-40-23-5-7-25-42(40)62(47)38-21-11-19-36(29-38)49(53,54)55/h1-29H. The van der Waals surface area contributed by atoms with Gasteiger partial charge in [0.15, 0.2) is 17.5 Å². The number of imidazole rings is 2. The van der Waals surface area contributed by atoms with Crippen LogP contribution in [0.3, 0.4) is 0 Å². The molecular formula is C49H29F6N7. The molecule has 0 bridgehead atoms. The molecule has 0 atom stereocenters. The van der Waals surface area contributed by atoms with Crippen LogP contribution < -0.4 is 0 Å². The lowest BCUT2D eigenvalue weighted by atomic mass is 10.1. The molecular weight excluding hydrogens is 801 g/mol. The molecule has 302 valence electrons. The van der Waals surface area contributed by atoms with Crippen molar-refractivity contribution in [2.24, 2.45) is 0 Å². The molecule has 10 rings (SSSR count). The Morgan fingerprint density at radius 2 is 0.694 bits per heavy atom. The zero-order valence-corrected chi connectivity index (χ0v) is 32.1. The maximum Gasteiger partial charge on any atom is 0.416 e. The first-order chi connectivity index (χ1) is 30.0. The number of para-hydroxylation sites is 4. The third-order valence-corrected chi connectivity index (χ3v) is 10.4. The van der Waals surface area contributed by atoms with Gasteiger partial charge in [-0.05, 0) is 72.8 Å². The van der Waals surface area contributed by atoms with Gasteiger partial charge >= 0.3 is 12.4 Å². The second-order valence-corrected chi connectivity index (χ2v) is 14.4. The van der Waals surface area contributed by atoms with E-state index in [1.54, 1.807) is 33.4 Å². The molecule has 3 aromatic heterocycles. The molecule has 0 radical (unpaired) electrons. The van der Waals surface area contributed by atoms with Gasteiger partial charge in [-0.2, -0.15) is 26.3 Å². The van der Waals surface area contributed by atoms with Crippen LogP contribution in [0.15, 0.2) is 176 Å². The van der Waals surface area contributed by atoms with Crippen LogP contribution in [0, 0.1) is 0 Å². The molecule has 0 spiro atoms. The number of alkyl halides is 6. The van der Waals surface area contributed by atoms with Crippen LogP contribution in [-0.2, 0) is 12.4 Å². The van der Waals surface area contributed by atoms with E-state index in [0.717, 1.165) is 29.8 Å². The fourth-order valence-electron chi connectivity index (χ4n) is 7.55. The summed E-state index contributed by atoms with van der Waals surface area (Å²) >= 11 is 0. The minimum Gasteiger partial charge on any atom is -0.292 e. The molecule has 0 amide bonds. The van der Waals surface area contributed by atoms with Gasteiger partial charge in [0.2, 0.25) is 0 Å². The number of rotatable bonds is 7. The largest absolute Gasteiger partial charge is 0.416 e. The summed E-state index contributed by atoms with van der Waals surface area (Å²) in [6.07, 6.45) is -9.09. The van der Waals surface area contributed by atoms with E-state index in [2.05, 4.69) is 0 Å². The fourth-order valence-corrected chi connectivity index (χ4v) is 7.55.